The standard InChI is InChI=1S/C20H21ClN2O3/c1-13-8-14(2)10-18(9-13)26-12-19(24)23-20(25,11-15(3)22-23)16-4-6-17(21)7-5-16/h4-10,25H,11-12H2,1-3H3. The van der Waals surface area contributed by atoms with Crippen molar-refractivity contribution in [2.45, 2.75) is 32.9 Å². The molecule has 1 aliphatic rings. The second-order valence-corrected chi connectivity index (χ2v) is 7.09. The van der Waals surface area contributed by atoms with Crippen LogP contribution in [-0.4, -0.2) is 28.3 Å². The third kappa shape index (κ3) is 3.74. The third-order valence-corrected chi connectivity index (χ3v) is 4.48. The van der Waals surface area contributed by atoms with E-state index < -0.39 is 11.6 Å². The number of aliphatic hydroxyl groups is 1. The SMILES string of the molecule is CC1=NN(C(=O)COc2cc(C)cc(C)c2)C(O)(c2ccc(Cl)cc2)C1. The van der Waals surface area contributed by atoms with E-state index in [0.29, 0.717) is 22.0 Å². The molecule has 2 aromatic carbocycles. The Bertz CT molecular complexity index is 844. The van der Waals surface area contributed by atoms with Gasteiger partial charge in [0.25, 0.3) is 5.91 Å². The van der Waals surface area contributed by atoms with E-state index in [0.717, 1.165) is 16.1 Å². The molecule has 3 rings (SSSR count). The van der Waals surface area contributed by atoms with Crippen LogP contribution in [-0.2, 0) is 10.5 Å². The molecule has 1 heterocycles. The van der Waals surface area contributed by atoms with Gasteiger partial charge >= 0.3 is 0 Å². The Hall–Kier alpha value is -2.37. The summed E-state index contributed by atoms with van der Waals surface area (Å²) in [6.07, 6.45) is 0.240. The Morgan fingerprint density at radius 1 is 1.19 bits per heavy atom. The maximum atomic E-state index is 12.7. The number of hydrogen-bond acceptors (Lipinski definition) is 4. The van der Waals surface area contributed by atoms with Gasteiger partial charge in [-0.25, -0.2) is 0 Å². The van der Waals surface area contributed by atoms with Crippen molar-refractivity contribution >= 4 is 23.2 Å². The largest absolute Gasteiger partial charge is 0.484 e. The van der Waals surface area contributed by atoms with Gasteiger partial charge in [-0.2, -0.15) is 10.1 Å². The lowest BCUT2D eigenvalue weighted by atomic mass is 9.98. The van der Waals surface area contributed by atoms with Crippen LogP contribution in [0.5, 0.6) is 5.75 Å². The van der Waals surface area contributed by atoms with E-state index in [1.165, 1.54) is 0 Å². The van der Waals surface area contributed by atoms with Crippen LogP contribution < -0.4 is 4.74 Å². The molecule has 0 spiro atoms. The molecule has 0 fully saturated rings. The number of nitrogens with zero attached hydrogens (tertiary/aromatic N) is 2. The topological polar surface area (TPSA) is 62.1 Å². The van der Waals surface area contributed by atoms with Crippen LogP contribution in [0.2, 0.25) is 5.02 Å². The summed E-state index contributed by atoms with van der Waals surface area (Å²) >= 11 is 5.92. The molecule has 1 unspecified atom stereocenters. The second-order valence-electron chi connectivity index (χ2n) is 6.65. The maximum absolute atomic E-state index is 12.7. The van der Waals surface area contributed by atoms with E-state index in [1.807, 2.05) is 32.0 Å². The predicted molar refractivity (Wildman–Crippen MR) is 101 cm³/mol. The Labute approximate surface area is 157 Å². The quantitative estimate of drug-likeness (QED) is 0.888. The molecule has 0 saturated carbocycles. The molecule has 0 aliphatic carbocycles. The van der Waals surface area contributed by atoms with Crippen LogP contribution in [0.1, 0.15) is 30.0 Å². The van der Waals surface area contributed by atoms with Gasteiger partial charge in [-0.05, 0) is 56.2 Å². The summed E-state index contributed by atoms with van der Waals surface area (Å²) in [4.78, 5) is 12.7. The minimum Gasteiger partial charge on any atom is -0.484 e. The van der Waals surface area contributed by atoms with E-state index in [-0.39, 0.29) is 13.0 Å². The molecule has 2 aromatic rings. The molecule has 0 radical (unpaired) electrons. The van der Waals surface area contributed by atoms with Crippen molar-refractivity contribution < 1.29 is 14.6 Å². The first-order chi connectivity index (χ1) is 12.3. The van der Waals surface area contributed by atoms with Gasteiger partial charge in [-0.15, -0.1) is 0 Å². The van der Waals surface area contributed by atoms with Crippen molar-refractivity contribution in [1.82, 2.24) is 5.01 Å². The van der Waals surface area contributed by atoms with Crippen molar-refractivity contribution in [3.8, 4) is 5.75 Å². The Balaban J connectivity index is 1.78. The normalized spacial score (nSPS) is 19.4. The molecule has 1 atom stereocenters. The van der Waals surface area contributed by atoms with Gasteiger partial charge in [-0.3, -0.25) is 4.79 Å². The second kappa shape index (κ2) is 7.09. The number of amides is 1. The van der Waals surface area contributed by atoms with E-state index >= 15 is 0 Å². The molecule has 1 N–H and O–H groups in total. The number of carbonyl (C=O) groups excluding carboxylic acids is 1. The monoisotopic (exact) mass is 372 g/mol. The molecule has 26 heavy (non-hydrogen) atoms. The van der Waals surface area contributed by atoms with Crippen LogP contribution in [0.15, 0.2) is 47.6 Å². The van der Waals surface area contributed by atoms with Crippen molar-refractivity contribution in [2.75, 3.05) is 6.61 Å². The summed E-state index contributed by atoms with van der Waals surface area (Å²) in [7, 11) is 0. The van der Waals surface area contributed by atoms with Gasteiger partial charge in [0, 0.05) is 22.7 Å². The summed E-state index contributed by atoms with van der Waals surface area (Å²) in [5, 5.41) is 17.0. The molecule has 5 nitrogen and oxygen atoms in total. The van der Waals surface area contributed by atoms with Crippen LogP contribution in [0, 0.1) is 13.8 Å². The molecule has 136 valence electrons. The van der Waals surface area contributed by atoms with Crippen molar-refractivity contribution in [1.29, 1.82) is 0 Å². The van der Waals surface area contributed by atoms with E-state index in [2.05, 4.69) is 5.10 Å². The lowest BCUT2D eigenvalue weighted by Crippen LogP contribution is -2.45. The zero-order chi connectivity index (χ0) is 18.9. The first-order valence-electron chi connectivity index (χ1n) is 8.34. The molecular weight excluding hydrogens is 352 g/mol. The molecule has 0 aromatic heterocycles. The zero-order valence-corrected chi connectivity index (χ0v) is 15.7. The van der Waals surface area contributed by atoms with Gasteiger partial charge in [-0.1, -0.05) is 29.8 Å². The fraction of sp³-hybridized carbons (Fsp3) is 0.300. The van der Waals surface area contributed by atoms with Crippen LogP contribution in [0.3, 0.4) is 0 Å². The van der Waals surface area contributed by atoms with Gasteiger partial charge in [0.15, 0.2) is 12.3 Å². The number of hydrazone groups is 1. The van der Waals surface area contributed by atoms with Gasteiger partial charge in [0.05, 0.1) is 0 Å². The predicted octanol–water partition coefficient (Wildman–Crippen LogP) is 3.79. The zero-order valence-electron chi connectivity index (χ0n) is 15.0. The highest BCUT2D eigenvalue weighted by Crippen LogP contribution is 2.35. The maximum Gasteiger partial charge on any atom is 0.283 e. The highest BCUT2D eigenvalue weighted by atomic mass is 35.5. The lowest BCUT2D eigenvalue weighted by molar-refractivity contribution is -0.159. The summed E-state index contributed by atoms with van der Waals surface area (Å²) in [6.45, 7) is 5.50. The number of rotatable bonds is 4. The van der Waals surface area contributed by atoms with Crippen molar-refractivity contribution in [3.05, 3.63) is 64.2 Å². The molecule has 6 heteroatoms. The average molecular weight is 373 g/mol. The molecule has 0 saturated heterocycles. The first kappa shape index (κ1) is 18.4. The highest BCUT2D eigenvalue weighted by Gasteiger charge is 2.44. The Kier molecular flexibility index (Phi) is 5.03. The molecule has 1 amide bonds. The van der Waals surface area contributed by atoms with E-state index in [9.17, 15) is 9.90 Å². The Morgan fingerprint density at radius 3 is 2.42 bits per heavy atom. The van der Waals surface area contributed by atoms with Gasteiger partial charge in [0.1, 0.15) is 5.75 Å². The van der Waals surface area contributed by atoms with Crippen molar-refractivity contribution in [3.63, 3.8) is 0 Å². The van der Waals surface area contributed by atoms with E-state index in [1.54, 1.807) is 31.2 Å². The number of benzene rings is 2. The number of hydrogen-bond donors (Lipinski definition) is 1. The number of halogens is 1. The third-order valence-electron chi connectivity index (χ3n) is 4.22. The smallest absolute Gasteiger partial charge is 0.283 e. The summed E-state index contributed by atoms with van der Waals surface area (Å²) in [5.41, 5.74) is 1.81. The number of carbonyl (C=O) groups is 1. The van der Waals surface area contributed by atoms with Gasteiger partial charge < -0.3 is 9.84 Å². The fourth-order valence-electron chi connectivity index (χ4n) is 3.15. The first-order valence-corrected chi connectivity index (χ1v) is 8.72. The van der Waals surface area contributed by atoms with Crippen LogP contribution in [0.4, 0.5) is 0 Å². The summed E-state index contributed by atoms with van der Waals surface area (Å²) in [5.74, 6) is 0.198. The fourth-order valence-corrected chi connectivity index (χ4v) is 3.27. The van der Waals surface area contributed by atoms with Crippen molar-refractivity contribution in [2.24, 2.45) is 5.10 Å². The lowest BCUT2D eigenvalue weighted by Gasteiger charge is -2.31. The minimum absolute atomic E-state index is 0.213. The van der Waals surface area contributed by atoms with Gasteiger partial charge in [0.2, 0.25) is 0 Å². The van der Waals surface area contributed by atoms with Crippen LogP contribution in [0.25, 0.3) is 0 Å². The van der Waals surface area contributed by atoms with Crippen LogP contribution >= 0.6 is 11.6 Å². The molecular formula is C20H21ClN2O3. The molecule has 0 bridgehead atoms. The number of aryl methyl sites for hydroxylation is 2. The summed E-state index contributed by atoms with van der Waals surface area (Å²) in [6, 6.07) is 12.5. The Morgan fingerprint density at radius 2 is 1.81 bits per heavy atom. The van der Waals surface area contributed by atoms with E-state index in [4.69, 9.17) is 16.3 Å². The number of ether oxygens (including phenoxy) is 1. The highest BCUT2D eigenvalue weighted by molar-refractivity contribution is 6.30. The summed E-state index contributed by atoms with van der Waals surface area (Å²) < 4.78 is 5.63. The molecule has 1 aliphatic heterocycles. The minimum atomic E-state index is -1.53. The average Bonchev–Trinajstić information content (AvgIpc) is 2.88.